The first-order chi connectivity index (χ1) is 10.6. The predicted molar refractivity (Wildman–Crippen MR) is 82.4 cm³/mol. The van der Waals surface area contributed by atoms with E-state index in [-0.39, 0.29) is 23.8 Å². The highest BCUT2D eigenvalue weighted by Crippen LogP contribution is 2.30. The van der Waals surface area contributed by atoms with E-state index in [1.54, 1.807) is 4.90 Å². The van der Waals surface area contributed by atoms with E-state index < -0.39 is 0 Å². The minimum absolute atomic E-state index is 0.00130. The number of primary amides is 1. The lowest BCUT2D eigenvalue weighted by molar-refractivity contribution is -0.122. The summed E-state index contributed by atoms with van der Waals surface area (Å²) in [6.07, 6.45) is 0.958. The Balaban J connectivity index is 1.78. The molecule has 0 aromatic heterocycles. The lowest BCUT2D eigenvalue weighted by Crippen LogP contribution is -2.48. The van der Waals surface area contributed by atoms with Crippen LogP contribution in [0.25, 0.3) is 0 Å². The van der Waals surface area contributed by atoms with Crippen LogP contribution in [0.3, 0.4) is 0 Å². The van der Waals surface area contributed by atoms with Crippen molar-refractivity contribution in [1.29, 1.82) is 0 Å². The van der Waals surface area contributed by atoms with Crippen LogP contribution in [0, 0.1) is 5.92 Å². The standard InChI is InChI=1S/C16H21N3O3/c17-16(21)12-7-11-3-1-2-4-14(11)19(9-12)15(20)8-13-10-22-6-5-18-13/h1-4,12-13,18H,5-10H2,(H2,17,21). The van der Waals surface area contributed by atoms with Crippen molar-refractivity contribution in [3.63, 3.8) is 0 Å². The predicted octanol–water partition coefficient (Wildman–Crippen LogP) is 0.0557. The van der Waals surface area contributed by atoms with Crippen molar-refractivity contribution in [2.75, 3.05) is 31.2 Å². The van der Waals surface area contributed by atoms with Crippen molar-refractivity contribution in [2.24, 2.45) is 11.7 Å². The molecule has 2 amide bonds. The molecule has 1 fully saturated rings. The highest BCUT2D eigenvalue weighted by Gasteiger charge is 2.32. The molecule has 1 aromatic carbocycles. The number of amides is 2. The number of ether oxygens (including phenoxy) is 1. The lowest BCUT2D eigenvalue weighted by Gasteiger charge is -2.34. The summed E-state index contributed by atoms with van der Waals surface area (Å²) in [5, 5.41) is 3.28. The van der Waals surface area contributed by atoms with Gasteiger partial charge in [0.2, 0.25) is 11.8 Å². The average Bonchev–Trinajstić information content (AvgIpc) is 2.54. The SMILES string of the molecule is NC(=O)C1Cc2ccccc2N(C(=O)CC2COCCN2)C1. The molecule has 22 heavy (non-hydrogen) atoms. The number of rotatable bonds is 3. The Bertz CT molecular complexity index is 570. The van der Waals surface area contributed by atoms with Gasteiger partial charge in [0.25, 0.3) is 0 Å². The summed E-state index contributed by atoms with van der Waals surface area (Å²) in [6.45, 7) is 2.35. The molecular formula is C16H21N3O3. The van der Waals surface area contributed by atoms with Crippen LogP contribution in [0.5, 0.6) is 0 Å². The summed E-state index contributed by atoms with van der Waals surface area (Å²) in [5.41, 5.74) is 7.35. The zero-order valence-electron chi connectivity index (χ0n) is 12.5. The second-order valence-electron chi connectivity index (χ2n) is 5.87. The van der Waals surface area contributed by atoms with Crippen LogP contribution in [0.15, 0.2) is 24.3 Å². The van der Waals surface area contributed by atoms with Crippen LogP contribution in [0.1, 0.15) is 12.0 Å². The molecule has 2 heterocycles. The molecule has 2 unspecified atom stereocenters. The molecule has 2 aliphatic heterocycles. The summed E-state index contributed by atoms with van der Waals surface area (Å²) in [4.78, 5) is 25.9. The second kappa shape index (κ2) is 6.46. The quantitative estimate of drug-likeness (QED) is 0.827. The second-order valence-corrected chi connectivity index (χ2v) is 5.87. The number of anilines is 1. The largest absolute Gasteiger partial charge is 0.378 e. The van der Waals surface area contributed by atoms with Gasteiger partial charge in [0.15, 0.2) is 0 Å². The molecule has 118 valence electrons. The van der Waals surface area contributed by atoms with E-state index in [4.69, 9.17) is 10.5 Å². The Morgan fingerprint density at radius 2 is 2.18 bits per heavy atom. The molecule has 3 N–H and O–H groups in total. The number of fused-ring (bicyclic) bond motifs is 1. The summed E-state index contributed by atoms with van der Waals surface area (Å²) in [5.74, 6) is -0.678. The van der Waals surface area contributed by atoms with Crippen molar-refractivity contribution >= 4 is 17.5 Å². The molecule has 0 saturated carbocycles. The van der Waals surface area contributed by atoms with Gasteiger partial charge in [-0.1, -0.05) is 18.2 Å². The molecule has 0 bridgehead atoms. The van der Waals surface area contributed by atoms with Crippen molar-refractivity contribution in [3.05, 3.63) is 29.8 Å². The molecule has 0 aliphatic carbocycles. The van der Waals surface area contributed by atoms with Crippen LogP contribution in [-0.4, -0.2) is 44.2 Å². The van der Waals surface area contributed by atoms with Crippen molar-refractivity contribution in [3.8, 4) is 0 Å². The Kier molecular flexibility index (Phi) is 4.40. The molecular weight excluding hydrogens is 282 g/mol. The minimum Gasteiger partial charge on any atom is -0.378 e. The summed E-state index contributed by atoms with van der Waals surface area (Å²) in [6, 6.07) is 7.73. The highest BCUT2D eigenvalue weighted by atomic mass is 16.5. The summed E-state index contributed by atoms with van der Waals surface area (Å²) in [7, 11) is 0. The summed E-state index contributed by atoms with van der Waals surface area (Å²) < 4.78 is 5.39. The van der Waals surface area contributed by atoms with Crippen molar-refractivity contribution in [1.82, 2.24) is 5.32 Å². The Labute approximate surface area is 129 Å². The Morgan fingerprint density at radius 3 is 2.91 bits per heavy atom. The van der Waals surface area contributed by atoms with Gasteiger partial charge in [-0.2, -0.15) is 0 Å². The van der Waals surface area contributed by atoms with E-state index in [2.05, 4.69) is 5.32 Å². The number of benzene rings is 1. The van der Waals surface area contributed by atoms with Crippen molar-refractivity contribution < 1.29 is 14.3 Å². The van der Waals surface area contributed by atoms with Gasteiger partial charge in [-0.3, -0.25) is 9.59 Å². The van der Waals surface area contributed by atoms with E-state index >= 15 is 0 Å². The molecule has 2 aliphatic rings. The van der Waals surface area contributed by atoms with Crippen molar-refractivity contribution in [2.45, 2.75) is 18.9 Å². The normalized spacial score (nSPS) is 24.6. The first-order valence-electron chi connectivity index (χ1n) is 7.64. The third-order valence-corrected chi connectivity index (χ3v) is 4.27. The zero-order valence-corrected chi connectivity index (χ0v) is 12.5. The van der Waals surface area contributed by atoms with Crippen LogP contribution < -0.4 is 16.0 Å². The Hall–Kier alpha value is -1.92. The number of nitrogens with zero attached hydrogens (tertiary/aromatic N) is 1. The number of nitrogens with one attached hydrogen (secondary N) is 1. The fraction of sp³-hybridized carbons (Fsp3) is 0.500. The average molecular weight is 303 g/mol. The van der Waals surface area contributed by atoms with Gasteiger partial charge in [0, 0.05) is 31.2 Å². The Morgan fingerprint density at radius 1 is 1.36 bits per heavy atom. The third-order valence-electron chi connectivity index (χ3n) is 4.27. The van der Waals surface area contributed by atoms with Crippen LogP contribution in [0.2, 0.25) is 0 Å². The van der Waals surface area contributed by atoms with Gasteiger partial charge in [-0.05, 0) is 18.1 Å². The monoisotopic (exact) mass is 303 g/mol. The maximum Gasteiger partial charge on any atom is 0.228 e. The molecule has 6 nitrogen and oxygen atoms in total. The van der Waals surface area contributed by atoms with Gasteiger partial charge in [0.05, 0.1) is 19.1 Å². The molecule has 6 heteroatoms. The topological polar surface area (TPSA) is 84.7 Å². The van der Waals surface area contributed by atoms with E-state index in [1.807, 2.05) is 24.3 Å². The lowest BCUT2D eigenvalue weighted by atomic mass is 9.91. The fourth-order valence-electron chi connectivity index (χ4n) is 3.09. The smallest absolute Gasteiger partial charge is 0.228 e. The fourth-order valence-corrected chi connectivity index (χ4v) is 3.09. The van der Waals surface area contributed by atoms with Crippen LogP contribution in [0.4, 0.5) is 5.69 Å². The van der Waals surface area contributed by atoms with E-state index in [0.717, 1.165) is 17.8 Å². The molecule has 1 saturated heterocycles. The van der Waals surface area contributed by atoms with Crippen LogP contribution >= 0.6 is 0 Å². The van der Waals surface area contributed by atoms with E-state index in [9.17, 15) is 9.59 Å². The number of hydrogen-bond donors (Lipinski definition) is 2. The molecule has 2 atom stereocenters. The first-order valence-corrected chi connectivity index (χ1v) is 7.64. The number of nitrogens with two attached hydrogens (primary N) is 1. The number of para-hydroxylation sites is 1. The first kappa shape index (κ1) is 15.0. The molecule has 0 spiro atoms. The number of carbonyl (C=O) groups excluding carboxylic acids is 2. The number of morpholine rings is 1. The van der Waals surface area contributed by atoms with Gasteiger partial charge >= 0.3 is 0 Å². The highest BCUT2D eigenvalue weighted by molar-refractivity contribution is 5.96. The van der Waals surface area contributed by atoms with E-state index in [1.165, 1.54) is 0 Å². The number of carbonyl (C=O) groups is 2. The van der Waals surface area contributed by atoms with Gasteiger partial charge < -0.3 is 20.7 Å². The summed E-state index contributed by atoms with van der Waals surface area (Å²) >= 11 is 0. The number of hydrogen-bond acceptors (Lipinski definition) is 4. The maximum absolute atomic E-state index is 12.7. The van der Waals surface area contributed by atoms with Crippen LogP contribution in [-0.2, 0) is 20.7 Å². The molecule has 1 aromatic rings. The van der Waals surface area contributed by atoms with Gasteiger partial charge in [0.1, 0.15) is 0 Å². The van der Waals surface area contributed by atoms with E-state index in [0.29, 0.717) is 32.6 Å². The van der Waals surface area contributed by atoms with Gasteiger partial charge in [-0.15, -0.1) is 0 Å². The zero-order chi connectivity index (χ0) is 15.5. The maximum atomic E-state index is 12.7. The minimum atomic E-state index is -0.355. The third kappa shape index (κ3) is 3.13. The van der Waals surface area contributed by atoms with Gasteiger partial charge in [-0.25, -0.2) is 0 Å². The molecule has 0 radical (unpaired) electrons. The molecule has 3 rings (SSSR count).